The van der Waals surface area contributed by atoms with E-state index in [9.17, 15) is 4.79 Å². The minimum atomic E-state index is -0.648. The van der Waals surface area contributed by atoms with Crippen molar-refractivity contribution in [1.29, 1.82) is 0 Å². The van der Waals surface area contributed by atoms with Gasteiger partial charge in [0, 0.05) is 11.8 Å². The maximum Gasteiger partial charge on any atom is 0.316 e. The fraction of sp³-hybridized carbons (Fsp3) is 0.588. The second-order valence-electron chi connectivity index (χ2n) is 5.30. The van der Waals surface area contributed by atoms with Crippen LogP contribution >= 0.6 is 0 Å². The minimum Gasteiger partial charge on any atom is -0.487 e. The van der Waals surface area contributed by atoms with Crippen LogP contribution in [0.5, 0.6) is 11.5 Å². The van der Waals surface area contributed by atoms with E-state index in [0.29, 0.717) is 83.3 Å². The molecule has 146 valence electrons. The molecule has 0 saturated heterocycles. The van der Waals surface area contributed by atoms with Crippen LogP contribution in [0.4, 0.5) is 10.5 Å². The van der Waals surface area contributed by atoms with Gasteiger partial charge in [0.1, 0.15) is 13.2 Å². The number of hydrogen-bond acceptors (Lipinski definition) is 7. The fourth-order valence-corrected chi connectivity index (χ4v) is 2.14. The van der Waals surface area contributed by atoms with E-state index in [-0.39, 0.29) is 0 Å². The molecule has 9 nitrogen and oxygen atoms in total. The first-order valence-corrected chi connectivity index (χ1v) is 8.53. The monoisotopic (exact) mass is 370 g/mol. The molecule has 0 aliphatic carbocycles. The number of anilines is 1. The molecule has 26 heavy (non-hydrogen) atoms. The molecule has 0 bridgehead atoms. The van der Waals surface area contributed by atoms with Crippen LogP contribution in [0, 0.1) is 0 Å². The number of primary amides is 1. The molecule has 1 aliphatic heterocycles. The van der Waals surface area contributed by atoms with E-state index in [2.05, 4.69) is 5.32 Å². The van der Waals surface area contributed by atoms with E-state index in [1.54, 1.807) is 18.2 Å². The third kappa shape index (κ3) is 8.34. The number of nitrogens with one attached hydrogen (secondary N) is 1. The molecule has 1 aromatic rings. The smallest absolute Gasteiger partial charge is 0.316 e. The van der Waals surface area contributed by atoms with E-state index in [1.807, 2.05) is 0 Å². The Labute approximate surface area is 152 Å². The van der Waals surface area contributed by atoms with Crippen LogP contribution in [0.25, 0.3) is 0 Å². The molecule has 3 N–H and O–H groups in total. The average molecular weight is 370 g/mol. The molecule has 1 aliphatic rings. The Morgan fingerprint density at radius 1 is 0.731 bits per heavy atom. The summed E-state index contributed by atoms with van der Waals surface area (Å²) in [5, 5.41) is 2.50. The largest absolute Gasteiger partial charge is 0.487 e. The van der Waals surface area contributed by atoms with Gasteiger partial charge in [0.25, 0.3) is 0 Å². The standard InChI is InChI=1S/C17H26N2O7/c18-17(20)19-14-1-2-15-16(13-14)26-12-10-24-8-6-22-4-3-21-5-7-23-9-11-25-15/h1-2,13H,3-12H2,(H3,18,19,20). The van der Waals surface area contributed by atoms with E-state index in [4.69, 9.17) is 34.2 Å². The first-order chi connectivity index (χ1) is 12.8. The predicted molar refractivity (Wildman–Crippen MR) is 93.9 cm³/mol. The minimum absolute atomic E-state index is 0.329. The van der Waals surface area contributed by atoms with Gasteiger partial charge in [-0.15, -0.1) is 0 Å². The lowest BCUT2D eigenvalue weighted by molar-refractivity contribution is -0.00841. The lowest BCUT2D eigenvalue weighted by atomic mass is 10.2. The molecule has 0 atom stereocenters. The zero-order valence-corrected chi connectivity index (χ0v) is 14.7. The van der Waals surface area contributed by atoms with Crippen molar-refractivity contribution in [3.8, 4) is 11.5 Å². The molecule has 1 aromatic carbocycles. The molecule has 2 rings (SSSR count). The molecule has 9 heteroatoms. The second-order valence-corrected chi connectivity index (χ2v) is 5.30. The molecule has 0 aromatic heterocycles. The van der Waals surface area contributed by atoms with Crippen molar-refractivity contribution >= 4 is 11.7 Å². The number of hydrogen-bond donors (Lipinski definition) is 2. The van der Waals surface area contributed by atoms with Gasteiger partial charge >= 0.3 is 6.03 Å². The SMILES string of the molecule is NC(=O)Nc1ccc2c(c1)OCCOCCOCCOCCOCCO2. The molecule has 0 radical (unpaired) electrons. The summed E-state index contributed by atoms with van der Waals surface area (Å²) in [5.41, 5.74) is 5.66. The van der Waals surface area contributed by atoms with E-state index in [0.717, 1.165) is 0 Å². The number of carbonyl (C=O) groups excluding carboxylic acids is 1. The van der Waals surface area contributed by atoms with Gasteiger partial charge in [-0.2, -0.15) is 0 Å². The quantitative estimate of drug-likeness (QED) is 0.759. The van der Waals surface area contributed by atoms with Gasteiger partial charge in [0.15, 0.2) is 11.5 Å². The Morgan fingerprint density at radius 3 is 1.69 bits per heavy atom. The van der Waals surface area contributed by atoms with Crippen molar-refractivity contribution in [2.24, 2.45) is 5.73 Å². The first kappa shape index (κ1) is 20.2. The van der Waals surface area contributed by atoms with Crippen molar-refractivity contribution in [2.45, 2.75) is 0 Å². The zero-order valence-electron chi connectivity index (χ0n) is 14.7. The molecule has 0 fully saturated rings. The molecular weight excluding hydrogens is 344 g/mol. The van der Waals surface area contributed by atoms with Crippen LogP contribution in [0.3, 0.4) is 0 Å². The van der Waals surface area contributed by atoms with Crippen LogP contribution in [0.1, 0.15) is 0 Å². The number of carbonyl (C=O) groups is 1. The Hall–Kier alpha value is -2.07. The zero-order chi connectivity index (χ0) is 18.5. The third-order valence-electron chi connectivity index (χ3n) is 3.30. The number of nitrogens with two attached hydrogens (primary N) is 1. The number of benzene rings is 1. The summed E-state index contributed by atoms with van der Waals surface area (Å²) in [6.07, 6.45) is 0. The van der Waals surface area contributed by atoms with Crippen molar-refractivity contribution < 1.29 is 33.2 Å². The lowest BCUT2D eigenvalue weighted by Gasteiger charge is -2.15. The van der Waals surface area contributed by atoms with Crippen LogP contribution in [-0.4, -0.2) is 72.1 Å². The summed E-state index contributed by atoms with van der Waals surface area (Å²) < 4.78 is 33.1. The predicted octanol–water partition coefficient (Wildman–Crippen LogP) is 1.01. The first-order valence-electron chi connectivity index (χ1n) is 8.53. The lowest BCUT2D eigenvalue weighted by Crippen LogP contribution is -2.19. The van der Waals surface area contributed by atoms with Gasteiger partial charge in [0.2, 0.25) is 0 Å². The number of rotatable bonds is 1. The Bertz CT molecular complexity index is 542. The summed E-state index contributed by atoms with van der Waals surface area (Å²) in [6.45, 7) is 4.50. The number of amides is 2. The molecule has 2 amide bonds. The molecule has 0 saturated carbocycles. The maximum absolute atomic E-state index is 11.0. The van der Waals surface area contributed by atoms with Gasteiger partial charge in [-0.25, -0.2) is 4.79 Å². The van der Waals surface area contributed by atoms with Crippen LogP contribution in [-0.2, 0) is 18.9 Å². The maximum atomic E-state index is 11.0. The highest BCUT2D eigenvalue weighted by Gasteiger charge is 2.08. The van der Waals surface area contributed by atoms with Crippen molar-refractivity contribution in [1.82, 2.24) is 0 Å². The topological polar surface area (TPSA) is 111 Å². The van der Waals surface area contributed by atoms with E-state index < -0.39 is 6.03 Å². The van der Waals surface area contributed by atoms with Gasteiger partial charge < -0.3 is 39.5 Å². The summed E-state index contributed by atoms with van der Waals surface area (Å²) in [7, 11) is 0. The van der Waals surface area contributed by atoms with Gasteiger partial charge in [0.05, 0.1) is 52.9 Å². The van der Waals surface area contributed by atoms with Crippen molar-refractivity contribution in [3.63, 3.8) is 0 Å². The molecular formula is C17H26N2O7. The normalized spacial score (nSPS) is 18.3. The highest BCUT2D eigenvalue weighted by atomic mass is 16.6. The summed E-state index contributed by atoms with van der Waals surface area (Å²) in [4.78, 5) is 11.0. The van der Waals surface area contributed by atoms with Gasteiger partial charge in [-0.3, -0.25) is 0 Å². The Balaban J connectivity index is 1.93. The van der Waals surface area contributed by atoms with Crippen molar-refractivity contribution in [3.05, 3.63) is 18.2 Å². The average Bonchev–Trinajstić information content (AvgIpc) is 2.61. The molecule has 0 unspecified atom stereocenters. The number of urea groups is 1. The number of ether oxygens (including phenoxy) is 6. The highest BCUT2D eigenvalue weighted by molar-refractivity contribution is 5.88. The molecule has 1 heterocycles. The Morgan fingerprint density at radius 2 is 1.19 bits per heavy atom. The third-order valence-corrected chi connectivity index (χ3v) is 3.30. The van der Waals surface area contributed by atoms with Crippen LogP contribution in [0.15, 0.2) is 18.2 Å². The van der Waals surface area contributed by atoms with Gasteiger partial charge in [-0.05, 0) is 12.1 Å². The summed E-state index contributed by atoms with van der Waals surface area (Å²) in [6, 6.07) is 4.39. The van der Waals surface area contributed by atoms with Crippen LogP contribution < -0.4 is 20.5 Å². The molecule has 0 spiro atoms. The second kappa shape index (κ2) is 12.3. The van der Waals surface area contributed by atoms with Gasteiger partial charge in [-0.1, -0.05) is 0 Å². The summed E-state index contributed by atoms with van der Waals surface area (Å²) >= 11 is 0. The van der Waals surface area contributed by atoms with Crippen LogP contribution in [0.2, 0.25) is 0 Å². The fourth-order valence-electron chi connectivity index (χ4n) is 2.14. The van der Waals surface area contributed by atoms with Crippen molar-refractivity contribution in [2.75, 3.05) is 71.4 Å². The highest BCUT2D eigenvalue weighted by Crippen LogP contribution is 2.30. The summed E-state index contributed by atoms with van der Waals surface area (Å²) in [5.74, 6) is 1.03. The Kier molecular flexibility index (Phi) is 9.59. The van der Waals surface area contributed by atoms with E-state index in [1.165, 1.54) is 0 Å². The van der Waals surface area contributed by atoms with E-state index >= 15 is 0 Å². The number of fused-ring (bicyclic) bond motifs is 1.